The number of nitrogens with one attached hydrogen (secondary N) is 2. The number of fused-ring (bicyclic) bond motifs is 1. The fraction of sp³-hybridized carbons (Fsp3) is 0.571. The first-order valence-corrected chi connectivity index (χ1v) is 16.1. The van der Waals surface area contributed by atoms with Gasteiger partial charge in [0.05, 0.1) is 16.8 Å². The molecule has 1 aromatic carbocycles. The van der Waals surface area contributed by atoms with Crippen LogP contribution in [0.5, 0.6) is 0 Å². The molecule has 3 aromatic rings. The van der Waals surface area contributed by atoms with Crippen LogP contribution >= 0.6 is 0 Å². The Kier molecular flexibility index (Phi) is 7.84. The second kappa shape index (κ2) is 11.5. The number of rotatable bonds is 8. The second-order valence-corrected chi connectivity index (χ2v) is 13.5. The van der Waals surface area contributed by atoms with Gasteiger partial charge in [-0.15, -0.1) is 0 Å². The summed E-state index contributed by atoms with van der Waals surface area (Å²) in [6, 6.07) is 6.31. The third-order valence-electron chi connectivity index (χ3n) is 8.78. The molecule has 1 saturated heterocycles. The van der Waals surface area contributed by atoms with Gasteiger partial charge in [0, 0.05) is 37.3 Å². The van der Waals surface area contributed by atoms with Crippen LogP contribution in [0, 0.1) is 0 Å². The lowest BCUT2D eigenvalue weighted by molar-refractivity contribution is 0.0696. The molecule has 41 heavy (non-hydrogen) atoms. The van der Waals surface area contributed by atoms with Crippen LogP contribution in [0.25, 0.3) is 11.2 Å². The van der Waals surface area contributed by atoms with Crippen molar-refractivity contribution in [3.63, 3.8) is 0 Å². The Labute approximate surface area is 239 Å². The predicted molar refractivity (Wildman–Crippen MR) is 155 cm³/mol. The lowest BCUT2D eigenvalue weighted by Gasteiger charge is -2.32. The summed E-state index contributed by atoms with van der Waals surface area (Å²) in [4.78, 5) is 25.8. The normalized spacial score (nSPS) is 23.1. The van der Waals surface area contributed by atoms with Crippen molar-refractivity contribution in [1.29, 1.82) is 0 Å². The highest BCUT2D eigenvalue weighted by molar-refractivity contribution is 7.89. The molecule has 12 nitrogen and oxygen atoms in total. The van der Waals surface area contributed by atoms with Crippen molar-refractivity contribution in [2.24, 2.45) is 5.73 Å². The molecule has 0 radical (unpaired) electrons. The molecular formula is C28H38N8O4S. The highest BCUT2D eigenvalue weighted by Crippen LogP contribution is 2.34. The molecule has 3 aliphatic rings. The number of hydrogen-bond acceptors (Lipinski definition) is 9. The largest absolute Gasteiger partial charge is 0.478 e. The fourth-order valence-electron chi connectivity index (χ4n) is 6.33. The van der Waals surface area contributed by atoms with Crippen LogP contribution in [0.3, 0.4) is 0 Å². The maximum atomic E-state index is 13.2. The summed E-state index contributed by atoms with van der Waals surface area (Å²) < 4.78 is 30.1. The maximum absolute atomic E-state index is 13.2. The van der Waals surface area contributed by atoms with Crippen molar-refractivity contribution in [2.75, 3.05) is 23.7 Å². The van der Waals surface area contributed by atoms with E-state index in [0.717, 1.165) is 49.7 Å². The third-order valence-corrected chi connectivity index (χ3v) is 10.7. The zero-order chi connectivity index (χ0) is 28.6. The van der Waals surface area contributed by atoms with Crippen molar-refractivity contribution < 1.29 is 18.3 Å². The van der Waals surface area contributed by atoms with Crippen LogP contribution in [-0.4, -0.2) is 74.5 Å². The number of piperidine rings is 1. The fourth-order valence-corrected chi connectivity index (χ4v) is 7.80. The number of aromatic nitrogens is 4. The molecule has 0 atom stereocenters. The SMILES string of the molecule is N[C@H]1CC[C@H](Nc2nc(NC3CCN(S(=O)(=O)c4ccc(C(=O)O)cc4)CC3)c3ncn(C4CCCC4)c3n2)CC1. The summed E-state index contributed by atoms with van der Waals surface area (Å²) >= 11 is 0. The molecule has 2 aromatic heterocycles. The van der Waals surface area contributed by atoms with Crippen molar-refractivity contribution in [2.45, 2.75) is 93.3 Å². The minimum atomic E-state index is -3.72. The van der Waals surface area contributed by atoms with E-state index in [9.17, 15) is 13.2 Å². The molecule has 5 N–H and O–H groups in total. The first-order chi connectivity index (χ1) is 19.8. The zero-order valence-corrected chi connectivity index (χ0v) is 23.9. The van der Waals surface area contributed by atoms with Crippen molar-refractivity contribution in [1.82, 2.24) is 23.8 Å². The molecule has 0 unspecified atom stereocenters. The molecule has 3 fully saturated rings. The van der Waals surface area contributed by atoms with E-state index in [1.54, 1.807) is 0 Å². The first kappa shape index (κ1) is 27.9. The Balaban J connectivity index is 1.19. The van der Waals surface area contributed by atoms with Gasteiger partial charge in [-0.05, 0) is 75.6 Å². The van der Waals surface area contributed by atoms with E-state index in [0.29, 0.717) is 43.7 Å². The summed E-state index contributed by atoms with van der Waals surface area (Å²) in [5.74, 6) is 0.173. The van der Waals surface area contributed by atoms with Crippen LogP contribution in [0.15, 0.2) is 35.5 Å². The van der Waals surface area contributed by atoms with E-state index in [2.05, 4.69) is 15.2 Å². The molecule has 220 valence electrons. The van der Waals surface area contributed by atoms with E-state index >= 15 is 0 Å². The summed E-state index contributed by atoms with van der Waals surface area (Å²) in [5, 5.41) is 16.2. The van der Waals surface area contributed by atoms with E-state index in [1.165, 1.54) is 41.4 Å². The van der Waals surface area contributed by atoms with Crippen molar-refractivity contribution in [3.05, 3.63) is 36.2 Å². The smallest absolute Gasteiger partial charge is 0.335 e. The average Bonchev–Trinajstić information content (AvgIpc) is 3.65. The van der Waals surface area contributed by atoms with E-state index in [4.69, 9.17) is 25.8 Å². The van der Waals surface area contributed by atoms with Crippen LogP contribution in [0.1, 0.15) is 80.6 Å². The Hall–Kier alpha value is -3.29. The lowest BCUT2D eigenvalue weighted by Crippen LogP contribution is -2.42. The van der Waals surface area contributed by atoms with Gasteiger partial charge in [0.15, 0.2) is 17.0 Å². The Morgan fingerprint density at radius 1 is 0.902 bits per heavy atom. The minimum absolute atomic E-state index is 0.0195. The first-order valence-electron chi connectivity index (χ1n) is 14.6. The van der Waals surface area contributed by atoms with Gasteiger partial charge < -0.3 is 26.0 Å². The van der Waals surface area contributed by atoms with Gasteiger partial charge in [-0.2, -0.15) is 14.3 Å². The number of nitrogens with zero attached hydrogens (tertiary/aromatic N) is 5. The van der Waals surface area contributed by atoms with Gasteiger partial charge in [0.25, 0.3) is 0 Å². The van der Waals surface area contributed by atoms with Crippen LogP contribution in [0.4, 0.5) is 11.8 Å². The van der Waals surface area contributed by atoms with Crippen LogP contribution in [-0.2, 0) is 10.0 Å². The summed E-state index contributed by atoms with van der Waals surface area (Å²) in [7, 11) is -3.72. The summed E-state index contributed by atoms with van der Waals surface area (Å²) in [6.45, 7) is 0.692. The molecular weight excluding hydrogens is 544 g/mol. The lowest BCUT2D eigenvalue weighted by atomic mass is 9.92. The molecule has 0 amide bonds. The van der Waals surface area contributed by atoms with Crippen molar-refractivity contribution in [3.8, 4) is 0 Å². The Morgan fingerprint density at radius 3 is 2.22 bits per heavy atom. The predicted octanol–water partition coefficient (Wildman–Crippen LogP) is 3.59. The van der Waals surface area contributed by atoms with E-state index in [1.807, 2.05) is 6.33 Å². The van der Waals surface area contributed by atoms with Gasteiger partial charge in [0.1, 0.15) is 0 Å². The van der Waals surface area contributed by atoms with Gasteiger partial charge >= 0.3 is 5.97 Å². The molecule has 2 aliphatic carbocycles. The van der Waals surface area contributed by atoms with Gasteiger partial charge in [-0.25, -0.2) is 18.2 Å². The molecule has 2 saturated carbocycles. The number of nitrogens with two attached hydrogens (primary N) is 1. The molecule has 0 bridgehead atoms. The van der Waals surface area contributed by atoms with Crippen molar-refractivity contribution >= 4 is 38.9 Å². The van der Waals surface area contributed by atoms with E-state index < -0.39 is 16.0 Å². The van der Waals surface area contributed by atoms with Gasteiger partial charge in [0.2, 0.25) is 16.0 Å². The van der Waals surface area contributed by atoms with Gasteiger partial charge in [-0.3, -0.25) is 0 Å². The number of carboxylic acid groups (broad SMARTS) is 1. The second-order valence-electron chi connectivity index (χ2n) is 11.6. The maximum Gasteiger partial charge on any atom is 0.335 e. The van der Waals surface area contributed by atoms with Gasteiger partial charge in [-0.1, -0.05) is 12.8 Å². The molecule has 13 heteroatoms. The van der Waals surface area contributed by atoms with E-state index in [-0.39, 0.29) is 28.6 Å². The number of hydrogen-bond donors (Lipinski definition) is 4. The number of aromatic carboxylic acids is 1. The number of anilines is 2. The zero-order valence-electron chi connectivity index (χ0n) is 23.1. The number of carboxylic acids is 1. The number of imidazole rings is 1. The quantitative estimate of drug-likeness (QED) is 0.308. The third kappa shape index (κ3) is 5.88. The molecule has 1 aliphatic heterocycles. The summed E-state index contributed by atoms with van der Waals surface area (Å²) in [6.07, 6.45) is 11.7. The Bertz CT molecular complexity index is 1490. The minimum Gasteiger partial charge on any atom is -0.478 e. The molecule has 6 rings (SSSR count). The summed E-state index contributed by atoms with van der Waals surface area (Å²) in [5.41, 5.74) is 7.73. The highest BCUT2D eigenvalue weighted by Gasteiger charge is 2.31. The standard InChI is InChI=1S/C28H38N8O4S/c29-19-7-9-20(10-8-19)32-28-33-25(24-26(34-28)36(17-30-24)22-3-1-2-4-22)31-21-13-15-35(16-14-21)41(39,40)23-11-5-18(6-12-23)27(37)38/h5-6,11-12,17,19-22H,1-4,7-10,13-16,29H2,(H,37,38)(H2,31,32,33,34)/t19-,20-. The molecule has 0 spiro atoms. The molecule has 3 heterocycles. The number of sulfonamides is 1. The topological polar surface area (TPSA) is 168 Å². The monoisotopic (exact) mass is 582 g/mol. The van der Waals surface area contributed by atoms with Crippen LogP contribution in [0.2, 0.25) is 0 Å². The Morgan fingerprint density at radius 2 is 1.56 bits per heavy atom. The van der Waals surface area contributed by atoms with Crippen LogP contribution < -0.4 is 16.4 Å². The number of carbonyl (C=O) groups is 1. The highest BCUT2D eigenvalue weighted by atomic mass is 32.2. The number of benzene rings is 1. The average molecular weight is 583 g/mol.